The molecule has 18 heavy (non-hydrogen) atoms. The molecule has 0 bridgehead atoms. The minimum Gasteiger partial charge on any atom is -0.366 e. The number of nitrogens with zero attached hydrogens (tertiary/aromatic N) is 1. The van der Waals surface area contributed by atoms with E-state index in [2.05, 4.69) is 49.1 Å². The molecule has 1 aromatic rings. The minimum absolute atomic E-state index is 0.434. The van der Waals surface area contributed by atoms with E-state index in [0.29, 0.717) is 5.54 Å². The lowest BCUT2D eigenvalue weighted by Crippen LogP contribution is -2.52. The fourth-order valence-corrected chi connectivity index (χ4v) is 3.68. The van der Waals surface area contributed by atoms with Crippen molar-refractivity contribution < 1.29 is 0 Å². The van der Waals surface area contributed by atoms with Crippen molar-refractivity contribution in [1.82, 2.24) is 0 Å². The number of hydrogen-bond donors (Lipinski definition) is 0. The SMILES string of the molecule is CCCC1(CCC)CCCCN1c1ccccc1. The van der Waals surface area contributed by atoms with Gasteiger partial charge in [0.15, 0.2) is 0 Å². The molecule has 0 unspecified atom stereocenters. The van der Waals surface area contributed by atoms with Gasteiger partial charge in [0.05, 0.1) is 0 Å². The molecule has 1 aromatic carbocycles. The first-order valence-electron chi connectivity index (χ1n) is 7.65. The van der Waals surface area contributed by atoms with Gasteiger partial charge in [-0.15, -0.1) is 0 Å². The van der Waals surface area contributed by atoms with Crippen molar-refractivity contribution in [2.75, 3.05) is 11.4 Å². The van der Waals surface area contributed by atoms with Gasteiger partial charge in [-0.1, -0.05) is 44.9 Å². The summed E-state index contributed by atoms with van der Waals surface area (Å²) in [6, 6.07) is 11.0. The van der Waals surface area contributed by atoms with Gasteiger partial charge in [0.1, 0.15) is 0 Å². The van der Waals surface area contributed by atoms with Crippen molar-refractivity contribution in [2.45, 2.75) is 64.3 Å². The van der Waals surface area contributed by atoms with Gasteiger partial charge in [0.25, 0.3) is 0 Å². The Morgan fingerprint density at radius 2 is 1.67 bits per heavy atom. The molecule has 1 fully saturated rings. The van der Waals surface area contributed by atoms with Crippen molar-refractivity contribution in [2.24, 2.45) is 0 Å². The Balaban J connectivity index is 2.28. The Morgan fingerprint density at radius 3 is 2.28 bits per heavy atom. The molecule has 0 spiro atoms. The van der Waals surface area contributed by atoms with E-state index in [-0.39, 0.29) is 0 Å². The zero-order chi connectivity index (χ0) is 12.8. The van der Waals surface area contributed by atoms with Gasteiger partial charge in [0.2, 0.25) is 0 Å². The molecule has 1 heteroatoms. The molecule has 1 nitrogen and oxygen atoms in total. The highest BCUT2D eigenvalue weighted by atomic mass is 15.2. The first-order chi connectivity index (χ1) is 8.82. The summed E-state index contributed by atoms with van der Waals surface area (Å²) in [7, 11) is 0. The molecule has 0 aliphatic carbocycles. The predicted molar refractivity (Wildman–Crippen MR) is 80.2 cm³/mol. The van der Waals surface area contributed by atoms with Crippen LogP contribution in [-0.2, 0) is 0 Å². The first-order valence-corrected chi connectivity index (χ1v) is 7.65. The standard InChI is InChI=1S/C17H27N/c1-3-12-17(13-4-2)14-8-9-15-18(17)16-10-6-5-7-11-16/h5-7,10-11H,3-4,8-9,12-15H2,1-2H3. The normalized spacial score (nSPS) is 18.9. The number of hydrogen-bond acceptors (Lipinski definition) is 1. The quantitative estimate of drug-likeness (QED) is 0.704. The summed E-state index contributed by atoms with van der Waals surface area (Å²) in [4.78, 5) is 2.71. The Kier molecular flexibility index (Phi) is 4.68. The number of para-hydroxylation sites is 1. The maximum absolute atomic E-state index is 2.71. The largest absolute Gasteiger partial charge is 0.366 e. The zero-order valence-corrected chi connectivity index (χ0v) is 12.0. The lowest BCUT2D eigenvalue weighted by Gasteiger charge is -2.49. The van der Waals surface area contributed by atoms with Crippen LogP contribution >= 0.6 is 0 Å². The van der Waals surface area contributed by atoms with Crippen molar-refractivity contribution >= 4 is 5.69 Å². The molecule has 1 aliphatic heterocycles. The van der Waals surface area contributed by atoms with Crippen LogP contribution < -0.4 is 4.90 Å². The molecular formula is C17H27N. The lowest BCUT2D eigenvalue weighted by molar-refractivity contribution is 0.265. The van der Waals surface area contributed by atoms with Crippen LogP contribution in [0, 0.1) is 0 Å². The fourth-order valence-electron chi connectivity index (χ4n) is 3.68. The third kappa shape index (κ3) is 2.71. The van der Waals surface area contributed by atoms with Gasteiger partial charge >= 0.3 is 0 Å². The minimum atomic E-state index is 0.434. The molecule has 0 radical (unpaired) electrons. The number of benzene rings is 1. The van der Waals surface area contributed by atoms with E-state index in [4.69, 9.17) is 0 Å². The van der Waals surface area contributed by atoms with Gasteiger partial charge in [-0.25, -0.2) is 0 Å². The average molecular weight is 245 g/mol. The van der Waals surface area contributed by atoms with Crippen LogP contribution in [0.5, 0.6) is 0 Å². The third-order valence-electron chi connectivity index (χ3n) is 4.35. The molecule has 1 saturated heterocycles. The van der Waals surface area contributed by atoms with Gasteiger partial charge < -0.3 is 4.90 Å². The molecule has 1 aliphatic rings. The summed E-state index contributed by atoms with van der Waals surface area (Å²) >= 11 is 0. The highest BCUT2D eigenvalue weighted by molar-refractivity contribution is 5.49. The molecular weight excluding hydrogens is 218 g/mol. The highest BCUT2D eigenvalue weighted by Crippen LogP contribution is 2.39. The Bertz CT molecular complexity index is 332. The van der Waals surface area contributed by atoms with Crippen molar-refractivity contribution in [3.8, 4) is 0 Å². The van der Waals surface area contributed by atoms with E-state index in [9.17, 15) is 0 Å². The Hall–Kier alpha value is -0.980. The van der Waals surface area contributed by atoms with Gasteiger partial charge in [-0.05, 0) is 44.2 Å². The van der Waals surface area contributed by atoms with E-state index in [1.54, 1.807) is 0 Å². The van der Waals surface area contributed by atoms with Gasteiger partial charge in [-0.3, -0.25) is 0 Å². The maximum Gasteiger partial charge on any atom is 0.0402 e. The van der Waals surface area contributed by atoms with Crippen LogP contribution in [0.25, 0.3) is 0 Å². The van der Waals surface area contributed by atoms with E-state index < -0.39 is 0 Å². The number of rotatable bonds is 5. The van der Waals surface area contributed by atoms with Crippen molar-refractivity contribution in [3.05, 3.63) is 30.3 Å². The average Bonchev–Trinajstić information content (AvgIpc) is 2.41. The lowest BCUT2D eigenvalue weighted by atomic mass is 9.79. The molecule has 2 rings (SSSR count). The van der Waals surface area contributed by atoms with Crippen LogP contribution in [0.2, 0.25) is 0 Å². The number of piperidine rings is 1. The van der Waals surface area contributed by atoms with Crippen LogP contribution in [0.3, 0.4) is 0 Å². The Morgan fingerprint density at radius 1 is 1.00 bits per heavy atom. The molecule has 0 amide bonds. The Labute approximate surface area is 112 Å². The monoisotopic (exact) mass is 245 g/mol. The molecule has 1 heterocycles. The summed E-state index contributed by atoms with van der Waals surface area (Å²) < 4.78 is 0. The smallest absolute Gasteiger partial charge is 0.0402 e. The summed E-state index contributed by atoms with van der Waals surface area (Å²) in [5.41, 5.74) is 1.86. The third-order valence-corrected chi connectivity index (χ3v) is 4.35. The van der Waals surface area contributed by atoms with E-state index in [0.717, 1.165) is 0 Å². The summed E-state index contributed by atoms with van der Waals surface area (Å²) in [5.74, 6) is 0. The molecule has 0 N–H and O–H groups in total. The van der Waals surface area contributed by atoms with Crippen molar-refractivity contribution in [3.63, 3.8) is 0 Å². The van der Waals surface area contributed by atoms with Gasteiger partial charge in [0, 0.05) is 17.8 Å². The second-order valence-electron chi connectivity index (χ2n) is 5.67. The van der Waals surface area contributed by atoms with Crippen LogP contribution in [0.1, 0.15) is 58.8 Å². The topological polar surface area (TPSA) is 3.24 Å². The summed E-state index contributed by atoms with van der Waals surface area (Å²) in [6.07, 6.45) is 9.41. The van der Waals surface area contributed by atoms with Crippen LogP contribution in [-0.4, -0.2) is 12.1 Å². The van der Waals surface area contributed by atoms with Crippen molar-refractivity contribution in [1.29, 1.82) is 0 Å². The summed E-state index contributed by atoms with van der Waals surface area (Å²) in [5, 5.41) is 0. The van der Waals surface area contributed by atoms with Crippen LogP contribution in [0.4, 0.5) is 5.69 Å². The molecule has 0 saturated carbocycles. The highest BCUT2D eigenvalue weighted by Gasteiger charge is 2.37. The second kappa shape index (κ2) is 6.26. The second-order valence-corrected chi connectivity index (χ2v) is 5.67. The first kappa shape index (κ1) is 13.5. The van der Waals surface area contributed by atoms with E-state index >= 15 is 0 Å². The molecule has 0 aromatic heterocycles. The maximum atomic E-state index is 2.71. The number of anilines is 1. The fraction of sp³-hybridized carbons (Fsp3) is 0.647. The van der Waals surface area contributed by atoms with Crippen LogP contribution in [0.15, 0.2) is 30.3 Å². The molecule has 100 valence electrons. The van der Waals surface area contributed by atoms with Gasteiger partial charge in [-0.2, -0.15) is 0 Å². The molecule has 0 atom stereocenters. The predicted octanol–water partition coefficient (Wildman–Crippen LogP) is 5.02. The zero-order valence-electron chi connectivity index (χ0n) is 12.0. The van der Waals surface area contributed by atoms with E-state index in [1.807, 2.05) is 0 Å². The summed E-state index contributed by atoms with van der Waals surface area (Å²) in [6.45, 7) is 5.90. The van der Waals surface area contributed by atoms with E-state index in [1.165, 1.54) is 57.2 Å².